The summed E-state index contributed by atoms with van der Waals surface area (Å²) >= 11 is 3.47. The highest BCUT2D eigenvalue weighted by atomic mass is 79.9. The number of rotatable bonds is 4. The first kappa shape index (κ1) is 11.9. The van der Waals surface area contributed by atoms with Gasteiger partial charge in [0.2, 0.25) is 0 Å². The van der Waals surface area contributed by atoms with E-state index in [2.05, 4.69) is 15.9 Å². The Kier molecular flexibility index (Phi) is 3.58. The van der Waals surface area contributed by atoms with E-state index >= 15 is 0 Å². The van der Waals surface area contributed by atoms with Crippen LogP contribution in [0.5, 0.6) is 0 Å². The minimum absolute atomic E-state index is 0.0569. The molecule has 1 heterocycles. The van der Waals surface area contributed by atoms with E-state index in [-0.39, 0.29) is 15.4 Å². The van der Waals surface area contributed by atoms with Gasteiger partial charge in [0.15, 0.2) is 0 Å². The van der Waals surface area contributed by atoms with E-state index in [0.29, 0.717) is 12.0 Å². The summed E-state index contributed by atoms with van der Waals surface area (Å²) in [4.78, 5) is 10.4. The van der Waals surface area contributed by atoms with Gasteiger partial charge in [0.25, 0.3) is 5.69 Å². The number of halogens is 1. The summed E-state index contributed by atoms with van der Waals surface area (Å²) in [7, 11) is 0. The summed E-state index contributed by atoms with van der Waals surface area (Å²) in [6, 6.07) is 10.4. The lowest BCUT2D eigenvalue weighted by molar-refractivity contribution is -0.385. The molecule has 0 aliphatic rings. The number of hydrogen-bond donors (Lipinski definition) is 0. The number of nitro benzene ring substituents is 1. The van der Waals surface area contributed by atoms with Gasteiger partial charge in [-0.25, -0.2) is 0 Å². The standard InChI is InChI=1S/C12H10BrNO3/c13-10(12-6-3-7-17-12)8-9-4-1-2-5-11(9)14(15)16/h1-7,10H,8H2. The summed E-state index contributed by atoms with van der Waals surface area (Å²) in [5.74, 6) is 0.767. The maximum absolute atomic E-state index is 10.9. The van der Waals surface area contributed by atoms with Crippen molar-refractivity contribution in [2.45, 2.75) is 11.2 Å². The Morgan fingerprint density at radius 3 is 2.71 bits per heavy atom. The molecule has 0 radical (unpaired) electrons. The Labute approximate surface area is 107 Å². The molecular weight excluding hydrogens is 286 g/mol. The van der Waals surface area contributed by atoms with E-state index in [1.807, 2.05) is 6.07 Å². The molecule has 88 valence electrons. The fourth-order valence-electron chi connectivity index (χ4n) is 1.62. The molecular formula is C12H10BrNO3. The molecule has 0 saturated carbocycles. The lowest BCUT2D eigenvalue weighted by Crippen LogP contribution is -1.99. The number of benzene rings is 1. The molecule has 0 amide bonds. The zero-order valence-electron chi connectivity index (χ0n) is 8.88. The molecule has 2 aromatic rings. The molecule has 2 rings (SSSR count). The highest BCUT2D eigenvalue weighted by molar-refractivity contribution is 9.09. The zero-order valence-corrected chi connectivity index (χ0v) is 10.5. The molecule has 17 heavy (non-hydrogen) atoms. The summed E-state index contributed by atoms with van der Waals surface area (Å²) in [6.07, 6.45) is 2.10. The van der Waals surface area contributed by atoms with Crippen LogP contribution in [0.15, 0.2) is 47.1 Å². The molecule has 1 atom stereocenters. The second-order valence-electron chi connectivity index (χ2n) is 3.57. The summed E-state index contributed by atoms with van der Waals surface area (Å²) in [5.41, 5.74) is 0.833. The van der Waals surface area contributed by atoms with Crippen molar-refractivity contribution in [2.24, 2.45) is 0 Å². The lowest BCUT2D eigenvalue weighted by Gasteiger charge is -2.07. The van der Waals surface area contributed by atoms with Crippen LogP contribution in [0.4, 0.5) is 5.69 Å². The first-order valence-electron chi connectivity index (χ1n) is 5.08. The number of para-hydroxylation sites is 1. The molecule has 4 nitrogen and oxygen atoms in total. The van der Waals surface area contributed by atoms with Crippen LogP contribution in [0.2, 0.25) is 0 Å². The maximum Gasteiger partial charge on any atom is 0.272 e. The van der Waals surface area contributed by atoms with Crippen LogP contribution in [0.25, 0.3) is 0 Å². The molecule has 0 aliphatic carbocycles. The van der Waals surface area contributed by atoms with Crippen LogP contribution < -0.4 is 0 Å². The van der Waals surface area contributed by atoms with Crippen LogP contribution >= 0.6 is 15.9 Å². The van der Waals surface area contributed by atoms with E-state index in [1.165, 1.54) is 6.07 Å². The molecule has 0 bridgehead atoms. The first-order valence-corrected chi connectivity index (χ1v) is 6.00. The quantitative estimate of drug-likeness (QED) is 0.489. The van der Waals surface area contributed by atoms with Gasteiger partial charge in [0.05, 0.1) is 16.0 Å². The molecule has 0 aliphatic heterocycles. The van der Waals surface area contributed by atoms with E-state index in [0.717, 1.165) is 5.76 Å². The largest absolute Gasteiger partial charge is 0.468 e. The van der Waals surface area contributed by atoms with Crippen molar-refractivity contribution in [1.29, 1.82) is 0 Å². The van der Waals surface area contributed by atoms with Crippen LogP contribution in [0.3, 0.4) is 0 Å². The van der Waals surface area contributed by atoms with Crippen molar-refractivity contribution in [3.63, 3.8) is 0 Å². The number of hydrogen-bond acceptors (Lipinski definition) is 3. The van der Waals surface area contributed by atoms with Crippen LogP contribution in [-0.4, -0.2) is 4.92 Å². The van der Waals surface area contributed by atoms with Crippen LogP contribution in [0.1, 0.15) is 16.2 Å². The van der Waals surface area contributed by atoms with Crippen molar-refractivity contribution in [1.82, 2.24) is 0 Å². The second kappa shape index (κ2) is 5.14. The normalized spacial score (nSPS) is 12.3. The predicted molar refractivity (Wildman–Crippen MR) is 67.2 cm³/mol. The van der Waals surface area contributed by atoms with Crippen molar-refractivity contribution >= 4 is 21.6 Å². The Morgan fingerprint density at radius 2 is 2.06 bits per heavy atom. The third kappa shape index (κ3) is 2.74. The van der Waals surface area contributed by atoms with Gasteiger partial charge >= 0.3 is 0 Å². The number of furan rings is 1. The monoisotopic (exact) mass is 295 g/mol. The van der Waals surface area contributed by atoms with Gasteiger partial charge in [-0.1, -0.05) is 34.1 Å². The Morgan fingerprint density at radius 1 is 1.29 bits per heavy atom. The minimum Gasteiger partial charge on any atom is -0.468 e. The van der Waals surface area contributed by atoms with Crippen LogP contribution in [-0.2, 0) is 6.42 Å². The fraction of sp³-hybridized carbons (Fsp3) is 0.167. The van der Waals surface area contributed by atoms with Gasteiger partial charge in [-0.3, -0.25) is 10.1 Å². The highest BCUT2D eigenvalue weighted by Crippen LogP contribution is 2.30. The Balaban J connectivity index is 2.21. The van der Waals surface area contributed by atoms with Crippen LogP contribution in [0, 0.1) is 10.1 Å². The molecule has 1 aromatic carbocycles. The predicted octanol–water partition coefficient (Wildman–Crippen LogP) is 3.87. The molecule has 5 heteroatoms. The number of nitrogens with zero attached hydrogens (tertiary/aromatic N) is 1. The lowest BCUT2D eigenvalue weighted by atomic mass is 10.1. The summed E-state index contributed by atoms with van der Waals surface area (Å²) in [5, 5.41) is 10.9. The van der Waals surface area contributed by atoms with Gasteiger partial charge in [-0.15, -0.1) is 0 Å². The molecule has 1 unspecified atom stereocenters. The molecule has 0 spiro atoms. The average Bonchev–Trinajstić information content (AvgIpc) is 2.83. The van der Waals surface area contributed by atoms with Gasteiger partial charge in [-0.05, 0) is 18.6 Å². The first-order chi connectivity index (χ1) is 8.18. The van der Waals surface area contributed by atoms with E-state index in [4.69, 9.17) is 4.42 Å². The SMILES string of the molecule is O=[N+]([O-])c1ccccc1CC(Br)c1ccco1. The number of alkyl halides is 1. The second-order valence-corrected chi connectivity index (χ2v) is 4.68. The fourth-order valence-corrected chi connectivity index (χ4v) is 2.23. The Bertz CT molecular complexity index is 510. The van der Waals surface area contributed by atoms with Gasteiger partial charge in [-0.2, -0.15) is 0 Å². The summed E-state index contributed by atoms with van der Waals surface area (Å²) in [6.45, 7) is 0. The maximum atomic E-state index is 10.9. The van der Waals surface area contributed by atoms with Crippen molar-refractivity contribution in [3.05, 3.63) is 64.1 Å². The molecule has 0 saturated heterocycles. The molecule has 1 aromatic heterocycles. The van der Waals surface area contributed by atoms with E-state index in [1.54, 1.807) is 30.5 Å². The van der Waals surface area contributed by atoms with Gasteiger partial charge in [0, 0.05) is 11.6 Å². The smallest absolute Gasteiger partial charge is 0.272 e. The topological polar surface area (TPSA) is 56.3 Å². The molecule has 0 fully saturated rings. The molecule has 0 N–H and O–H groups in total. The third-order valence-corrected chi connectivity index (χ3v) is 3.21. The van der Waals surface area contributed by atoms with E-state index < -0.39 is 0 Å². The minimum atomic E-state index is -0.364. The third-order valence-electron chi connectivity index (χ3n) is 2.44. The van der Waals surface area contributed by atoms with Gasteiger partial charge < -0.3 is 4.42 Å². The van der Waals surface area contributed by atoms with E-state index in [9.17, 15) is 10.1 Å². The van der Waals surface area contributed by atoms with Crippen molar-refractivity contribution < 1.29 is 9.34 Å². The Hall–Kier alpha value is -1.62. The summed E-state index contributed by atoms with van der Waals surface area (Å²) < 4.78 is 5.25. The highest BCUT2D eigenvalue weighted by Gasteiger charge is 2.18. The van der Waals surface area contributed by atoms with Crippen molar-refractivity contribution in [2.75, 3.05) is 0 Å². The zero-order chi connectivity index (χ0) is 12.3. The average molecular weight is 296 g/mol. The number of nitro groups is 1. The van der Waals surface area contributed by atoms with Gasteiger partial charge in [0.1, 0.15) is 5.76 Å². The van der Waals surface area contributed by atoms with Crippen molar-refractivity contribution in [3.8, 4) is 0 Å².